The van der Waals surface area contributed by atoms with Crippen LogP contribution in [0.4, 0.5) is 5.69 Å². The average Bonchev–Trinajstić information content (AvgIpc) is 3.08. The minimum absolute atomic E-state index is 0.0549. The maximum absolute atomic E-state index is 11.0. The molecule has 2 rings (SSSR count). The predicted molar refractivity (Wildman–Crippen MR) is 108 cm³/mol. The highest BCUT2D eigenvalue weighted by Crippen LogP contribution is 2.22. The van der Waals surface area contributed by atoms with Crippen molar-refractivity contribution in [2.75, 3.05) is 18.9 Å². The van der Waals surface area contributed by atoms with Crippen LogP contribution in [0.2, 0.25) is 0 Å². The van der Waals surface area contributed by atoms with Gasteiger partial charge >= 0.3 is 0 Å². The van der Waals surface area contributed by atoms with Crippen molar-refractivity contribution in [1.82, 2.24) is 15.6 Å². The van der Waals surface area contributed by atoms with Gasteiger partial charge in [-0.15, -0.1) is 0 Å². The van der Waals surface area contributed by atoms with E-state index in [4.69, 9.17) is 4.42 Å². The SMILES string of the molecule is CN=C(NCCc1ccc(NC(C)=O)cc1)NCc1ncc(C(C)(C)C)o1. The molecular weight excluding hydrogens is 342 g/mol. The molecule has 1 aromatic heterocycles. The van der Waals surface area contributed by atoms with Crippen LogP contribution in [0, 0.1) is 0 Å². The molecule has 0 aliphatic carbocycles. The Morgan fingerprint density at radius 3 is 2.44 bits per heavy atom. The number of hydrogen-bond donors (Lipinski definition) is 3. The van der Waals surface area contributed by atoms with Crippen molar-refractivity contribution in [2.45, 2.75) is 46.1 Å². The van der Waals surface area contributed by atoms with Crippen LogP contribution >= 0.6 is 0 Å². The first kappa shape index (κ1) is 20.5. The van der Waals surface area contributed by atoms with Crippen molar-refractivity contribution in [2.24, 2.45) is 4.99 Å². The summed E-state index contributed by atoms with van der Waals surface area (Å²) in [4.78, 5) is 19.6. The Labute approximate surface area is 160 Å². The molecule has 0 unspecified atom stereocenters. The summed E-state index contributed by atoms with van der Waals surface area (Å²) in [5.74, 6) is 2.13. The highest BCUT2D eigenvalue weighted by molar-refractivity contribution is 5.88. The van der Waals surface area contributed by atoms with E-state index in [1.54, 1.807) is 13.2 Å². The summed E-state index contributed by atoms with van der Waals surface area (Å²) in [7, 11) is 1.73. The maximum atomic E-state index is 11.0. The number of anilines is 1. The molecule has 2 aromatic rings. The van der Waals surface area contributed by atoms with Gasteiger partial charge in [-0.3, -0.25) is 9.79 Å². The quantitative estimate of drug-likeness (QED) is 0.536. The Morgan fingerprint density at radius 1 is 1.19 bits per heavy atom. The molecule has 0 spiro atoms. The molecule has 27 heavy (non-hydrogen) atoms. The fourth-order valence-corrected chi connectivity index (χ4v) is 2.40. The molecule has 1 amide bonds. The molecule has 3 N–H and O–H groups in total. The van der Waals surface area contributed by atoms with Crippen molar-refractivity contribution >= 4 is 17.6 Å². The van der Waals surface area contributed by atoms with Crippen LogP contribution in [-0.2, 0) is 23.2 Å². The summed E-state index contributed by atoms with van der Waals surface area (Å²) in [5.41, 5.74) is 1.92. The van der Waals surface area contributed by atoms with Crippen molar-refractivity contribution < 1.29 is 9.21 Å². The summed E-state index contributed by atoms with van der Waals surface area (Å²) < 4.78 is 5.77. The van der Waals surface area contributed by atoms with Crippen LogP contribution in [0.3, 0.4) is 0 Å². The predicted octanol–water partition coefficient (Wildman–Crippen LogP) is 2.84. The van der Waals surface area contributed by atoms with E-state index in [0.29, 0.717) is 18.4 Å². The van der Waals surface area contributed by atoms with Crippen LogP contribution in [0.25, 0.3) is 0 Å². The van der Waals surface area contributed by atoms with Crippen molar-refractivity contribution in [3.05, 3.63) is 47.7 Å². The molecule has 0 radical (unpaired) electrons. The smallest absolute Gasteiger partial charge is 0.221 e. The van der Waals surface area contributed by atoms with Gasteiger partial charge in [-0.05, 0) is 24.1 Å². The van der Waals surface area contributed by atoms with Crippen LogP contribution in [0.15, 0.2) is 39.9 Å². The van der Waals surface area contributed by atoms with E-state index in [1.165, 1.54) is 12.5 Å². The zero-order chi connectivity index (χ0) is 19.9. The Balaban J connectivity index is 1.77. The molecular formula is C20H29N5O2. The molecule has 0 atom stereocenters. The minimum Gasteiger partial charge on any atom is -0.443 e. The number of aliphatic imine (C=N–C) groups is 1. The largest absolute Gasteiger partial charge is 0.443 e. The normalized spacial score (nSPS) is 12.0. The number of aromatic nitrogens is 1. The van der Waals surface area contributed by atoms with Gasteiger partial charge in [-0.2, -0.15) is 0 Å². The highest BCUT2D eigenvalue weighted by Gasteiger charge is 2.19. The number of carbonyl (C=O) groups excluding carboxylic acids is 1. The summed E-state index contributed by atoms with van der Waals surface area (Å²) in [6.07, 6.45) is 2.62. The zero-order valence-electron chi connectivity index (χ0n) is 16.7. The lowest BCUT2D eigenvalue weighted by molar-refractivity contribution is -0.114. The van der Waals surface area contributed by atoms with Gasteiger partial charge in [0, 0.05) is 31.6 Å². The van der Waals surface area contributed by atoms with Crippen molar-refractivity contribution in [3.63, 3.8) is 0 Å². The van der Waals surface area contributed by atoms with Crippen LogP contribution in [0.1, 0.15) is 44.9 Å². The fourth-order valence-electron chi connectivity index (χ4n) is 2.40. The first-order valence-corrected chi connectivity index (χ1v) is 9.04. The number of carbonyl (C=O) groups is 1. The Kier molecular flexibility index (Phi) is 6.98. The Bertz CT molecular complexity index is 772. The third-order valence-corrected chi connectivity index (χ3v) is 3.90. The molecule has 7 nitrogen and oxygen atoms in total. The second-order valence-corrected chi connectivity index (χ2v) is 7.35. The van der Waals surface area contributed by atoms with Gasteiger partial charge in [0.05, 0.1) is 12.7 Å². The third-order valence-electron chi connectivity index (χ3n) is 3.90. The van der Waals surface area contributed by atoms with Gasteiger partial charge in [-0.1, -0.05) is 32.9 Å². The van der Waals surface area contributed by atoms with Crippen molar-refractivity contribution in [3.8, 4) is 0 Å². The molecule has 7 heteroatoms. The van der Waals surface area contributed by atoms with Gasteiger partial charge in [0.2, 0.25) is 11.8 Å². The first-order valence-electron chi connectivity index (χ1n) is 9.04. The van der Waals surface area contributed by atoms with Gasteiger partial charge in [-0.25, -0.2) is 4.98 Å². The number of guanidine groups is 1. The van der Waals surface area contributed by atoms with Crippen molar-refractivity contribution in [1.29, 1.82) is 0 Å². The molecule has 146 valence electrons. The van der Waals surface area contributed by atoms with Crippen LogP contribution in [-0.4, -0.2) is 30.4 Å². The highest BCUT2D eigenvalue weighted by atomic mass is 16.4. The van der Waals surface area contributed by atoms with E-state index in [2.05, 4.69) is 46.7 Å². The number of rotatable bonds is 6. The lowest BCUT2D eigenvalue weighted by atomic mass is 9.94. The molecule has 0 saturated carbocycles. The standard InChI is InChI=1S/C20H29N5O2/c1-14(26)25-16-8-6-15(7-9-16)10-11-22-19(21-5)24-13-18-23-12-17(27-18)20(2,3)4/h6-9,12H,10-11,13H2,1-5H3,(H,25,26)(H2,21,22,24). The van der Waals surface area contributed by atoms with Gasteiger partial charge in [0.25, 0.3) is 0 Å². The van der Waals surface area contributed by atoms with E-state index in [9.17, 15) is 4.79 Å². The van der Waals surface area contributed by atoms with Gasteiger partial charge in [0.1, 0.15) is 5.76 Å². The summed E-state index contributed by atoms with van der Waals surface area (Å²) in [5, 5.41) is 9.23. The van der Waals surface area contributed by atoms with E-state index in [1.807, 2.05) is 24.3 Å². The number of hydrogen-bond acceptors (Lipinski definition) is 4. The topological polar surface area (TPSA) is 91.5 Å². The third kappa shape index (κ3) is 6.77. The number of nitrogens with one attached hydrogen (secondary N) is 3. The molecule has 0 aliphatic rings. The molecule has 0 bridgehead atoms. The Morgan fingerprint density at radius 2 is 1.89 bits per heavy atom. The molecule has 0 saturated heterocycles. The zero-order valence-corrected chi connectivity index (χ0v) is 16.7. The number of nitrogens with zero attached hydrogens (tertiary/aromatic N) is 2. The van der Waals surface area contributed by atoms with Gasteiger partial charge < -0.3 is 20.4 Å². The molecule has 1 aromatic carbocycles. The number of amides is 1. The number of benzene rings is 1. The lowest BCUT2D eigenvalue weighted by Gasteiger charge is -2.13. The fraction of sp³-hybridized carbons (Fsp3) is 0.450. The Hall–Kier alpha value is -2.83. The van der Waals surface area contributed by atoms with Crippen LogP contribution < -0.4 is 16.0 Å². The van der Waals surface area contributed by atoms with E-state index in [0.717, 1.165) is 24.4 Å². The summed E-state index contributed by atoms with van der Waals surface area (Å²) >= 11 is 0. The van der Waals surface area contributed by atoms with Crippen LogP contribution in [0.5, 0.6) is 0 Å². The second-order valence-electron chi connectivity index (χ2n) is 7.35. The maximum Gasteiger partial charge on any atom is 0.221 e. The van der Waals surface area contributed by atoms with E-state index in [-0.39, 0.29) is 11.3 Å². The summed E-state index contributed by atoms with van der Waals surface area (Å²) in [6, 6.07) is 7.81. The first-order chi connectivity index (χ1) is 12.8. The second kappa shape index (κ2) is 9.21. The monoisotopic (exact) mass is 371 g/mol. The number of oxazole rings is 1. The molecule has 0 aliphatic heterocycles. The molecule has 1 heterocycles. The minimum atomic E-state index is -0.0695. The van der Waals surface area contributed by atoms with E-state index < -0.39 is 0 Å². The molecule has 0 fully saturated rings. The average molecular weight is 371 g/mol. The summed E-state index contributed by atoms with van der Waals surface area (Å²) in [6.45, 7) is 8.98. The lowest BCUT2D eigenvalue weighted by Crippen LogP contribution is -2.37. The van der Waals surface area contributed by atoms with Gasteiger partial charge in [0.15, 0.2) is 5.96 Å². The van der Waals surface area contributed by atoms with E-state index >= 15 is 0 Å².